The topological polar surface area (TPSA) is 120 Å². The van der Waals surface area contributed by atoms with Crippen LogP contribution in [0.4, 0.5) is 16.2 Å². The van der Waals surface area contributed by atoms with Crippen molar-refractivity contribution in [2.75, 3.05) is 51.0 Å². The van der Waals surface area contributed by atoms with E-state index in [4.69, 9.17) is 20.9 Å². The largest absolute Gasteiger partial charge is 0.493 e. The van der Waals surface area contributed by atoms with Gasteiger partial charge in [0.2, 0.25) is 11.9 Å². The molecule has 1 amide bonds. The van der Waals surface area contributed by atoms with Gasteiger partial charge in [-0.1, -0.05) is 0 Å². The molecule has 0 radical (unpaired) electrons. The van der Waals surface area contributed by atoms with E-state index < -0.39 is 5.82 Å². The quantitative estimate of drug-likeness (QED) is 0.559. The smallest absolute Gasteiger partial charge is 0.228 e. The predicted octanol–water partition coefficient (Wildman–Crippen LogP) is 2.48. The van der Waals surface area contributed by atoms with Gasteiger partial charge in [0.15, 0.2) is 17.3 Å². The number of benzene rings is 1. The number of fused-ring (bicyclic) bond motifs is 1. The van der Waals surface area contributed by atoms with E-state index in [1.165, 1.54) is 19.1 Å². The Morgan fingerprint density at radius 2 is 1.94 bits per heavy atom. The number of rotatable bonds is 6. The molecule has 1 aliphatic heterocycles. The lowest BCUT2D eigenvalue weighted by atomic mass is 10.1. The zero-order chi connectivity index (χ0) is 23.7. The lowest BCUT2D eigenvalue weighted by Crippen LogP contribution is -2.49. The van der Waals surface area contributed by atoms with Crippen LogP contribution in [-0.4, -0.2) is 61.2 Å². The van der Waals surface area contributed by atoms with Gasteiger partial charge in [-0.05, 0) is 25.1 Å². The number of anilines is 2. The number of piperazine rings is 1. The van der Waals surface area contributed by atoms with Crippen molar-refractivity contribution in [1.82, 2.24) is 14.9 Å². The summed E-state index contributed by atoms with van der Waals surface area (Å²) in [5.74, 6) is -0.0197. The van der Waals surface area contributed by atoms with E-state index in [1.54, 1.807) is 22.3 Å². The van der Waals surface area contributed by atoms with Crippen LogP contribution in [0.2, 0.25) is 0 Å². The number of aryl methyl sites for hydroxylation is 1. The first kappa shape index (κ1) is 23.0. The molecule has 4 rings (SSSR count). The van der Waals surface area contributed by atoms with Crippen molar-refractivity contribution in [3.05, 3.63) is 33.8 Å². The number of halogens is 1. The third-order valence-corrected chi connectivity index (χ3v) is 6.86. The molecule has 0 bridgehead atoms. The number of hydrogen-bond donors (Lipinski definition) is 2. The van der Waals surface area contributed by atoms with Crippen LogP contribution >= 0.6 is 11.3 Å². The van der Waals surface area contributed by atoms with Gasteiger partial charge in [-0.2, -0.15) is 4.98 Å². The zero-order valence-electron chi connectivity index (χ0n) is 18.8. The van der Waals surface area contributed by atoms with Crippen LogP contribution in [-0.2, 0) is 4.79 Å². The highest BCUT2D eigenvalue weighted by atomic mass is 32.1. The first-order chi connectivity index (χ1) is 15.8. The van der Waals surface area contributed by atoms with E-state index in [1.807, 2.05) is 24.0 Å². The lowest BCUT2D eigenvalue weighted by molar-refractivity contribution is -0.131. The average Bonchev–Trinajstić information content (AvgIpc) is 3.25. The highest BCUT2D eigenvalue weighted by Gasteiger charge is 2.26. The number of amides is 1. The molecule has 4 N–H and O–H groups in total. The number of hydrogen-bond acceptors (Lipinski definition) is 9. The summed E-state index contributed by atoms with van der Waals surface area (Å²) in [4.78, 5) is 27.4. The molecule has 3 heterocycles. The van der Waals surface area contributed by atoms with Gasteiger partial charge < -0.3 is 30.7 Å². The molecule has 1 aliphatic rings. The maximum atomic E-state index is 15.0. The van der Waals surface area contributed by atoms with Gasteiger partial charge in [0, 0.05) is 53.8 Å². The summed E-state index contributed by atoms with van der Waals surface area (Å²) < 4.78 is 25.4. The summed E-state index contributed by atoms with van der Waals surface area (Å²) in [6.07, 6.45) is 0.256. The Labute approximate surface area is 195 Å². The zero-order valence-corrected chi connectivity index (χ0v) is 19.6. The summed E-state index contributed by atoms with van der Waals surface area (Å²) in [5, 5.41) is 0.348. The maximum absolute atomic E-state index is 15.0. The Morgan fingerprint density at radius 3 is 2.55 bits per heavy atom. The van der Waals surface area contributed by atoms with Crippen molar-refractivity contribution in [3.63, 3.8) is 0 Å². The number of methoxy groups -OCH3 is 2. The van der Waals surface area contributed by atoms with Gasteiger partial charge in [-0.3, -0.25) is 4.79 Å². The first-order valence-corrected chi connectivity index (χ1v) is 11.4. The number of nitrogens with two attached hydrogens (primary N) is 2. The summed E-state index contributed by atoms with van der Waals surface area (Å²) in [6.45, 7) is 4.00. The van der Waals surface area contributed by atoms with Crippen molar-refractivity contribution >= 4 is 39.9 Å². The van der Waals surface area contributed by atoms with Gasteiger partial charge in [0.05, 0.1) is 14.2 Å². The Bertz CT molecular complexity index is 1180. The average molecular weight is 475 g/mol. The van der Waals surface area contributed by atoms with Crippen LogP contribution in [0.15, 0.2) is 18.2 Å². The monoisotopic (exact) mass is 474 g/mol. The van der Waals surface area contributed by atoms with Crippen LogP contribution in [0.3, 0.4) is 0 Å². The molecular weight excluding hydrogens is 447 g/mol. The van der Waals surface area contributed by atoms with Crippen molar-refractivity contribution in [1.29, 1.82) is 0 Å². The molecule has 9 nitrogen and oxygen atoms in total. The van der Waals surface area contributed by atoms with Gasteiger partial charge in [-0.15, -0.1) is 11.3 Å². The summed E-state index contributed by atoms with van der Waals surface area (Å²) in [7, 11) is 2.78. The van der Waals surface area contributed by atoms with Gasteiger partial charge in [0.25, 0.3) is 0 Å². The Kier molecular flexibility index (Phi) is 6.52. The molecule has 3 aromatic rings. The molecule has 1 aromatic carbocycles. The summed E-state index contributed by atoms with van der Waals surface area (Å²) >= 11 is 1.61. The van der Waals surface area contributed by atoms with E-state index in [9.17, 15) is 4.79 Å². The predicted molar refractivity (Wildman–Crippen MR) is 126 cm³/mol. The minimum absolute atomic E-state index is 0.00928. The van der Waals surface area contributed by atoms with Crippen LogP contribution < -0.4 is 25.8 Å². The SMILES string of the molecule is COc1cc2c(N)nc(N3CCN(C(=O)C[C@@H](N)c4ccc(C)s4)CC3)nc2c(F)c1OC. The third-order valence-electron chi connectivity index (χ3n) is 5.73. The number of aromatic nitrogens is 2. The summed E-state index contributed by atoms with van der Waals surface area (Å²) in [5.41, 5.74) is 12.4. The van der Waals surface area contributed by atoms with Gasteiger partial charge in [-0.25, -0.2) is 9.37 Å². The number of thiophene rings is 1. The van der Waals surface area contributed by atoms with Crippen molar-refractivity contribution in [2.45, 2.75) is 19.4 Å². The minimum atomic E-state index is -0.659. The molecular formula is C22H27FN6O3S. The van der Waals surface area contributed by atoms with Crippen LogP contribution in [0.5, 0.6) is 11.5 Å². The minimum Gasteiger partial charge on any atom is -0.493 e. The number of carbonyl (C=O) groups excluding carboxylic acids is 1. The highest BCUT2D eigenvalue weighted by molar-refractivity contribution is 7.12. The second-order valence-corrected chi connectivity index (χ2v) is 9.18. The lowest BCUT2D eigenvalue weighted by Gasteiger charge is -2.35. The van der Waals surface area contributed by atoms with Crippen molar-refractivity contribution in [3.8, 4) is 11.5 Å². The van der Waals surface area contributed by atoms with Gasteiger partial charge >= 0.3 is 0 Å². The molecule has 0 spiro atoms. The van der Waals surface area contributed by atoms with E-state index in [-0.39, 0.29) is 41.2 Å². The molecule has 0 aliphatic carbocycles. The fraction of sp³-hybridized carbons (Fsp3) is 0.409. The molecule has 11 heteroatoms. The molecule has 33 heavy (non-hydrogen) atoms. The van der Waals surface area contributed by atoms with E-state index in [0.717, 1.165) is 4.88 Å². The standard InChI is InChI=1S/C22H27FN6O3S/c1-12-4-5-16(33-12)14(24)11-17(30)28-6-8-29(9-7-28)22-26-19-13(21(25)27-22)10-15(31-2)20(32-3)18(19)23/h4-5,10,14H,6-9,11,24H2,1-3H3,(H2,25,26,27)/t14-/m1/s1. The van der Waals surface area contributed by atoms with E-state index in [2.05, 4.69) is 9.97 Å². The Morgan fingerprint density at radius 1 is 1.21 bits per heavy atom. The Balaban J connectivity index is 1.47. The first-order valence-electron chi connectivity index (χ1n) is 10.5. The number of nitrogens with zero attached hydrogens (tertiary/aromatic N) is 4. The number of nitrogen functional groups attached to an aromatic ring is 1. The molecule has 0 unspecified atom stereocenters. The maximum Gasteiger partial charge on any atom is 0.228 e. The fourth-order valence-electron chi connectivity index (χ4n) is 3.91. The van der Waals surface area contributed by atoms with Crippen LogP contribution in [0, 0.1) is 12.7 Å². The number of carbonyl (C=O) groups is 1. The molecule has 0 saturated carbocycles. The van der Waals surface area contributed by atoms with E-state index >= 15 is 4.39 Å². The molecule has 176 valence electrons. The highest BCUT2D eigenvalue weighted by Crippen LogP contribution is 2.37. The second-order valence-electron chi connectivity index (χ2n) is 7.86. The molecule has 1 saturated heterocycles. The number of ether oxygens (including phenoxy) is 2. The van der Waals surface area contributed by atoms with Crippen molar-refractivity contribution in [2.24, 2.45) is 5.73 Å². The second kappa shape index (κ2) is 9.36. The third kappa shape index (κ3) is 4.51. The fourth-order valence-corrected chi connectivity index (χ4v) is 4.78. The molecule has 1 atom stereocenters. The van der Waals surface area contributed by atoms with Crippen molar-refractivity contribution < 1.29 is 18.7 Å². The Hall–Kier alpha value is -3.18. The normalized spacial score (nSPS) is 15.1. The molecule has 1 fully saturated rings. The van der Waals surface area contributed by atoms with Gasteiger partial charge in [0.1, 0.15) is 11.3 Å². The molecule has 2 aromatic heterocycles. The summed E-state index contributed by atoms with van der Waals surface area (Å²) in [6, 6.07) is 5.23. The van der Waals surface area contributed by atoms with Crippen LogP contribution in [0.25, 0.3) is 10.9 Å². The van der Waals surface area contributed by atoms with Crippen LogP contribution in [0.1, 0.15) is 22.2 Å². The van der Waals surface area contributed by atoms with E-state index in [0.29, 0.717) is 37.5 Å².